The minimum absolute atomic E-state index is 0.229. The molecule has 1 fully saturated rings. The van der Waals surface area contributed by atoms with Crippen LogP contribution in [0, 0.1) is 0 Å². The SMILES string of the molecule is CC1(C)OB(c2csc3ccc(NC(=O)OCc4ccccc4)cc23)OC1(C)C. The van der Waals surface area contributed by atoms with Crippen molar-refractivity contribution >= 4 is 45.8 Å². The zero-order chi connectivity index (χ0) is 20.6. The number of anilines is 1. The molecule has 0 spiro atoms. The lowest BCUT2D eigenvalue weighted by atomic mass is 9.79. The van der Waals surface area contributed by atoms with E-state index in [1.165, 1.54) is 0 Å². The molecule has 1 saturated heterocycles. The highest BCUT2D eigenvalue weighted by atomic mass is 32.1. The van der Waals surface area contributed by atoms with Gasteiger partial charge in [-0.2, -0.15) is 0 Å². The Kier molecular flexibility index (Phi) is 5.15. The average Bonchev–Trinajstić information content (AvgIpc) is 3.18. The van der Waals surface area contributed by atoms with Gasteiger partial charge in [0.05, 0.1) is 11.2 Å². The monoisotopic (exact) mass is 409 g/mol. The molecule has 7 heteroatoms. The third-order valence-corrected chi connectivity index (χ3v) is 6.55. The van der Waals surface area contributed by atoms with Gasteiger partial charge in [-0.3, -0.25) is 5.32 Å². The van der Waals surface area contributed by atoms with Crippen molar-refractivity contribution in [2.24, 2.45) is 0 Å². The molecule has 0 atom stereocenters. The summed E-state index contributed by atoms with van der Waals surface area (Å²) >= 11 is 1.63. The van der Waals surface area contributed by atoms with Gasteiger partial charge in [-0.1, -0.05) is 30.3 Å². The number of carbonyl (C=O) groups excluding carboxylic acids is 1. The second-order valence-corrected chi connectivity index (χ2v) is 9.09. The summed E-state index contributed by atoms with van der Waals surface area (Å²) in [4.78, 5) is 12.2. The van der Waals surface area contributed by atoms with E-state index < -0.39 is 24.4 Å². The standard InChI is InChI=1S/C22H24BNO4S/c1-21(2)22(3,4)28-23(27-21)18-14-29-19-11-10-16(12-17(18)19)24-20(25)26-13-15-8-6-5-7-9-15/h5-12,14H,13H2,1-4H3,(H,24,25). The number of amides is 1. The van der Waals surface area contributed by atoms with Crippen LogP contribution in [0.15, 0.2) is 53.9 Å². The molecule has 0 unspecified atom stereocenters. The highest BCUT2D eigenvalue weighted by Crippen LogP contribution is 2.37. The van der Waals surface area contributed by atoms with E-state index in [9.17, 15) is 4.79 Å². The summed E-state index contributed by atoms with van der Waals surface area (Å²) in [6, 6.07) is 15.4. The molecular weight excluding hydrogens is 385 g/mol. The lowest BCUT2D eigenvalue weighted by Crippen LogP contribution is -2.41. The number of hydrogen-bond acceptors (Lipinski definition) is 5. The maximum absolute atomic E-state index is 12.2. The minimum atomic E-state index is -0.486. The molecule has 0 aliphatic carbocycles. The van der Waals surface area contributed by atoms with E-state index in [0.29, 0.717) is 5.69 Å². The Morgan fingerprint density at radius 2 is 1.76 bits per heavy atom. The smallest absolute Gasteiger partial charge is 0.444 e. The number of carbonyl (C=O) groups is 1. The predicted octanol–water partition coefficient (Wildman–Crippen LogP) is 4.95. The molecule has 29 heavy (non-hydrogen) atoms. The van der Waals surface area contributed by atoms with Crippen LogP contribution in [-0.2, 0) is 20.7 Å². The van der Waals surface area contributed by atoms with Crippen LogP contribution in [0.2, 0.25) is 0 Å². The van der Waals surface area contributed by atoms with E-state index in [1.54, 1.807) is 11.3 Å². The van der Waals surface area contributed by atoms with Crippen molar-refractivity contribution in [3.8, 4) is 0 Å². The van der Waals surface area contributed by atoms with Gasteiger partial charge in [-0.15, -0.1) is 11.3 Å². The Morgan fingerprint density at radius 1 is 1.07 bits per heavy atom. The van der Waals surface area contributed by atoms with Crippen molar-refractivity contribution in [3.05, 3.63) is 59.5 Å². The first-order valence-electron chi connectivity index (χ1n) is 9.60. The molecular formula is C22H24BNO4S. The van der Waals surface area contributed by atoms with Crippen molar-refractivity contribution in [2.75, 3.05) is 5.32 Å². The number of ether oxygens (including phenoxy) is 1. The van der Waals surface area contributed by atoms with Crippen LogP contribution < -0.4 is 10.8 Å². The van der Waals surface area contributed by atoms with Crippen molar-refractivity contribution in [1.82, 2.24) is 0 Å². The van der Waals surface area contributed by atoms with E-state index in [-0.39, 0.29) is 6.61 Å². The molecule has 0 bridgehead atoms. The Morgan fingerprint density at radius 3 is 2.45 bits per heavy atom. The first-order chi connectivity index (χ1) is 13.7. The van der Waals surface area contributed by atoms with Crippen LogP contribution >= 0.6 is 11.3 Å². The fraction of sp³-hybridized carbons (Fsp3) is 0.318. The van der Waals surface area contributed by atoms with Crippen molar-refractivity contribution in [3.63, 3.8) is 0 Å². The Balaban J connectivity index is 1.49. The maximum atomic E-state index is 12.2. The van der Waals surface area contributed by atoms with E-state index >= 15 is 0 Å². The molecule has 2 aromatic carbocycles. The van der Waals surface area contributed by atoms with Gasteiger partial charge in [-0.05, 0) is 62.2 Å². The van der Waals surface area contributed by atoms with Gasteiger partial charge in [0.2, 0.25) is 0 Å². The summed E-state index contributed by atoms with van der Waals surface area (Å²) < 4.78 is 18.8. The predicted molar refractivity (Wildman–Crippen MR) is 118 cm³/mol. The third kappa shape index (κ3) is 4.03. The molecule has 1 amide bonds. The normalized spacial score (nSPS) is 17.4. The molecule has 0 saturated carbocycles. The zero-order valence-electron chi connectivity index (χ0n) is 17.0. The number of benzene rings is 2. The summed E-state index contributed by atoms with van der Waals surface area (Å²) in [5, 5.41) is 5.87. The summed E-state index contributed by atoms with van der Waals surface area (Å²) in [5.74, 6) is 0. The fourth-order valence-corrected chi connectivity index (χ4v) is 4.10. The van der Waals surface area contributed by atoms with Gasteiger partial charge < -0.3 is 14.0 Å². The van der Waals surface area contributed by atoms with Crippen LogP contribution in [0.5, 0.6) is 0 Å². The van der Waals surface area contributed by atoms with Gasteiger partial charge in [0.25, 0.3) is 0 Å². The summed E-state index contributed by atoms with van der Waals surface area (Å²) in [6.45, 7) is 8.38. The summed E-state index contributed by atoms with van der Waals surface area (Å²) in [5.41, 5.74) is 1.79. The molecule has 5 nitrogen and oxygen atoms in total. The largest absolute Gasteiger partial charge is 0.496 e. The van der Waals surface area contributed by atoms with Gasteiger partial charge in [0, 0.05) is 15.9 Å². The van der Waals surface area contributed by atoms with E-state index in [0.717, 1.165) is 21.1 Å². The van der Waals surface area contributed by atoms with Crippen molar-refractivity contribution in [2.45, 2.75) is 45.5 Å². The lowest BCUT2D eigenvalue weighted by molar-refractivity contribution is 0.00578. The Labute approximate surface area is 175 Å². The third-order valence-electron chi connectivity index (χ3n) is 5.57. The molecule has 1 aromatic heterocycles. The second-order valence-electron chi connectivity index (χ2n) is 8.18. The molecule has 2 heterocycles. The van der Waals surface area contributed by atoms with E-state index in [4.69, 9.17) is 14.0 Å². The molecule has 1 aliphatic rings. The number of fused-ring (bicyclic) bond motifs is 1. The van der Waals surface area contributed by atoms with Crippen LogP contribution in [0.3, 0.4) is 0 Å². The molecule has 150 valence electrons. The first kappa shape index (κ1) is 19.9. The fourth-order valence-electron chi connectivity index (χ4n) is 3.16. The van der Waals surface area contributed by atoms with Gasteiger partial charge >= 0.3 is 13.2 Å². The van der Waals surface area contributed by atoms with Gasteiger partial charge in [-0.25, -0.2) is 4.79 Å². The van der Waals surface area contributed by atoms with E-state index in [2.05, 4.69) is 10.7 Å². The second kappa shape index (κ2) is 7.48. The Bertz CT molecular complexity index is 1020. The number of nitrogens with one attached hydrogen (secondary N) is 1. The quantitative estimate of drug-likeness (QED) is 0.620. The van der Waals surface area contributed by atoms with Gasteiger partial charge in [0.1, 0.15) is 6.61 Å². The summed E-state index contributed by atoms with van der Waals surface area (Å²) in [7, 11) is -0.436. The number of thiophene rings is 1. The molecule has 0 radical (unpaired) electrons. The summed E-state index contributed by atoms with van der Waals surface area (Å²) in [6.07, 6.45) is -0.486. The highest BCUT2D eigenvalue weighted by Gasteiger charge is 2.52. The van der Waals surface area contributed by atoms with Crippen molar-refractivity contribution < 1.29 is 18.8 Å². The highest BCUT2D eigenvalue weighted by molar-refractivity contribution is 7.18. The maximum Gasteiger partial charge on any atom is 0.496 e. The lowest BCUT2D eigenvalue weighted by Gasteiger charge is -2.32. The number of hydrogen-bond donors (Lipinski definition) is 1. The molecule has 1 N–H and O–H groups in total. The van der Waals surface area contributed by atoms with Crippen LogP contribution in [-0.4, -0.2) is 24.4 Å². The zero-order valence-corrected chi connectivity index (χ0v) is 17.8. The van der Waals surface area contributed by atoms with Crippen molar-refractivity contribution in [1.29, 1.82) is 0 Å². The van der Waals surface area contributed by atoms with Gasteiger partial charge in [0.15, 0.2) is 0 Å². The van der Waals surface area contributed by atoms with Crippen LogP contribution in [0.4, 0.5) is 10.5 Å². The average molecular weight is 409 g/mol. The number of rotatable bonds is 4. The Hall–Kier alpha value is -2.35. The van der Waals surface area contributed by atoms with Crippen LogP contribution in [0.25, 0.3) is 10.1 Å². The topological polar surface area (TPSA) is 56.8 Å². The first-order valence-corrected chi connectivity index (χ1v) is 10.5. The van der Waals surface area contributed by atoms with Crippen LogP contribution in [0.1, 0.15) is 33.3 Å². The molecule has 1 aliphatic heterocycles. The molecule has 4 rings (SSSR count). The minimum Gasteiger partial charge on any atom is -0.444 e. The van der Waals surface area contributed by atoms with E-state index in [1.807, 2.05) is 76.2 Å². The molecule has 3 aromatic rings.